The van der Waals surface area contributed by atoms with Crippen LogP contribution in [-0.4, -0.2) is 57.3 Å². The van der Waals surface area contributed by atoms with E-state index in [-0.39, 0.29) is 0 Å². The fourth-order valence-corrected chi connectivity index (χ4v) is 7.28. The van der Waals surface area contributed by atoms with E-state index in [0.717, 1.165) is 44.9 Å². The number of carbonyl (C=O) groups excluding carboxylic acids is 1. The summed E-state index contributed by atoms with van der Waals surface area (Å²) in [5.41, 5.74) is 0. The SMILES string of the molecule is CCCCCC/C=C\CCCCCCCCC(O)C(=O)NC(CO)C(O)C(O)CCCCCCCCCCCCCCCCCCCCCCCC. The largest absolute Gasteiger partial charge is 0.394 e. The highest BCUT2D eigenvalue weighted by Crippen LogP contribution is 2.17. The molecule has 0 aromatic rings. The number of amides is 1. The molecule has 0 bridgehead atoms. The van der Waals surface area contributed by atoms with Gasteiger partial charge in [0.15, 0.2) is 0 Å². The number of hydrogen-bond acceptors (Lipinski definition) is 5. The standard InChI is InChI=1S/C46H91NO5/c1-3-5-7-9-11-13-15-17-19-20-21-22-23-24-25-26-28-29-31-33-35-37-39-43(49)45(51)42(41-48)47-46(52)44(50)40-38-36-34-32-30-27-18-16-14-12-10-8-6-4-2/h14,16,42-45,48-51H,3-13,15,17-41H2,1-2H3,(H,47,52)/b16-14-. The molecule has 0 aliphatic rings. The van der Waals surface area contributed by atoms with Gasteiger partial charge < -0.3 is 25.7 Å². The molecule has 0 saturated heterocycles. The molecule has 4 unspecified atom stereocenters. The second kappa shape index (κ2) is 41.2. The van der Waals surface area contributed by atoms with Crippen LogP contribution in [0.3, 0.4) is 0 Å². The molecule has 0 heterocycles. The van der Waals surface area contributed by atoms with Gasteiger partial charge >= 0.3 is 0 Å². The third kappa shape index (κ3) is 34.8. The van der Waals surface area contributed by atoms with Gasteiger partial charge in [0.2, 0.25) is 5.91 Å². The summed E-state index contributed by atoms with van der Waals surface area (Å²) in [6.07, 6.45) is 45.3. The molecule has 0 aromatic carbocycles. The molecule has 1 amide bonds. The van der Waals surface area contributed by atoms with Gasteiger partial charge in [-0.15, -0.1) is 0 Å². The first-order valence-corrected chi connectivity index (χ1v) is 23.1. The molecule has 0 rings (SSSR count). The highest BCUT2D eigenvalue weighted by atomic mass is 16.3. The summed E-state index contributed by atoms with van der Waals surface area (Å²) in [6.45, 7) is 4.05. The van der Waals surface area contributed by atoms with E-state index in [0.29, 0.717) is 12.8 Å². The molecule has 0 radical (unpaired) electrons. The topological polar surface area (TPSA) is 110 Å². The molecular weight excluding hydrogens is 647 g/mol. The van der Waals surface area contributed by atoms with Crippen molar-refractivity contribution in [2.24, 2.45) is 0 Å². The number of aliphatic hydroxyl groups is 4. The van der Waals surface area contributed by atoms with Gasteiger partial charge in [0, 0.05) is 0 Å². The average Bonchev–Trinajstić information content (AvgIpc) is 3.15. The monoisotopic (exact) mass is 738 g/mol. The Labute approximate surface area is 323 Å². The summed E-state index contributed by atoms with van der Waals surface area (Å²) in [4.78, 5) is 12.5. The summed E-state index contributed by atoms with van der Waals surface area (Å²) in [7, 11) is 0. The van der Waals surface area contributed by atoms with Crippen molar-refractivity contribution in [3.8, 4) is 0 Å². The van der Waals surface area contributed by atoms with Crippen LogP contribution in [0.15, 0.2) is 12.2 Å². The Morgan fingerprint density at radius 1 is 0.462 bits per heavy atom. The van der Waals surface area contributed by atoms with Crippen molar-refractivity contribution in [1.82, 2.24) is 5.32 Å². The van der Waals surface area contributed by atoms with Crippen LogP contribution in [0.25, 0.3) is 0 Å². The first-order chi connectivity index (χ1) is 25.5. The van der Waals surface area contributed by atoms with Gasteiger partial charge in [-0.25, -0.2) is 0 Å². The summed E-state index contributed by atoms with van der Waals surface area (Å²) >= 11 is 0. The summed E-state index contributed by atoms with van der Waals surface area (Å²) in [5.74, 6) is -0.587. The zero-order valence-electron chi connectivity index (χ0n) is 34.8. The molecule has 0 aliphatic heterocycles. The van der Waals surface area contributed by atoms with Gasteiger partial charge in [-0.3, -0.25) is 4.79 Å². The lowest BCUT2D eigenvalue weighted by Crippen LogP contribution is -2.53. The molecule has 6 nitrogen and oxygen atoms in total. The van der Waals surface area contributed by atoms with E-state index in [1.165, 1.54) is 173 Å². The molecule has 4 atom stereocenters. The number of unbranched alkanes of at least 4 members (excludes halogenated alkanes) is 31. The number of hydrogen-bond donors (Lipinski definition) is 5. The van der Waals surface area contributed by atoms with Crippen molar-refractivity contribution in [3.63, 3.8) is 0 Å². The summed E-state index contributed by atoms with van der Waals surface area (Å²) in [5, 5.41) is 43.7. The van der Waals surface area contributed by atoms with Crippen molar-refractivity contribution in [2.75, 3.05) is 6.61 Å². The Morgan fingerprint density at radius 3 is 1.13 bits per heavy atom. The lowest BCUT2D eigenvalue weighted by molar-refractivity contribution is -0.132. The molecule has 52 heavy (non-hydrogen) atoms. The number of nitrogens with one attached hydrogen (secondary N) is 1. The number of carbonyl (C=O) groups is 1. The summed E-state index contributed by atoms with van der Waals surface area (Å²) < 4.78 is 0. The average molecular weight is 738 g/mol. The second-order valence-corrected chi connectivity index (χ2v) is 16.1. The highest BCUT2D eigenvalue weighted by Gasteiger charge is 2.28. The van der Waals surface area contributed by atoms with Crippen LogP contribution in [0.2, 0.25) is 0 Å². The van der Waals surface area contributed by atoms with Gasteiger partial charge in [0.1, 0.15) is 12.2 Å². The molecule has 0 aromatic heterocycles. The number of allylic oxidation sites excluding steroid dienone is 2. The lowest BCUT2D eigenvalue weighted by Gasteiger charge is -2.27. The molecule has 5 N–H and O–H groups in total. The minimum absolute atomic E-state index is 0.364. The molecule has 0 saturated carbocycles. The maximum Gasteiger partial charge on any atom is 0.249 e. The Balaban J connectivity index is 3.67. The maximum absolute atomic E-state index is 12.5. The van der Waals surface area contributed by atoms with Crippen molar-refractivity contribution in [1.29, 1.82) is 0 Å². The van der Waals surface area contributed by atoms with Crippen LogP contribution in [0.5, 0.6) is 0 Å². The number of rotatable bonds is 42. The predicted molar refractivity (Wildman–Crippen MR) is 224 cm³/mol. The molecule has 0 aliphatic carbocycles. The lowest BCUT2D eigenvalue weighted by atomic mass is 9.99. The van der Waals surface area contributed by atoms with E-state index in [4.69, 9.17) is 0 Å². The third-order valence-corrected chi connectivity index (χ3v) is 11.0. The van der Waals surface area contributed by atoms with Gasteiger partial charge in [-0.1, -0.05) is 219 Å². The van der Waals surface area contributed by atoms with E-state index in [1.54, 1.807) is 0 Å². The molecular formula is C46H91NO5. The van der Waals surface area contributed by atoms with Crippen molar-refractivity contribution >= 4 is 5.91 Å². The van der Waals surface area contributed by atoms with Crippen LogP contribution >= 0.6 is 0 Å². The van der Waals surface area contributed by atoms with Crippen LogP contribution < -0.4 is 5.32 Å². The molecule has 0 spiro atoms. The van der Waals surface area contributed by atoms with Crippen LogP contribution in [0.4, 0.5) is 0 Å². The zero-order valence-corrected chi connectivity index (χ0v) is 34.8. The third-order valence-electron chi connectivity index (χ3n) is 11.0. The molecule has 0 fully saturated rings. The zero-order chi connectivity index (χ0) is 38.2. The fraction of sp³-hybridized carbons (Fsp3) is 0.935. The van der Waals surface area contributed by atoms with Crippen molar-refractivity contribution in [2.45, 2.75) is 269 Å². The van der Waals surface area contributed by atoms with Gasteiger partial charge in [0.25, 0.3) is 0 Å². The second-order valence-electron chi connectivity index (χ2n) is 16.1. The van der Waals surface area contributed by atoms with E-state index >= 15 is 0 Å². The van der Waals surface area contributed by atoms with Gasteiger partial charge in [-0.05, 0) is 38.5 Å². The Hall–Kier alpha value is -0.950. The quantitative estimate of drug-likeness (QED) is 0.0316. The van der Waals surface area contributed by atoms with E-state index < -0.39 is 36.9 Å². The predicted octanol–water partition coefficient (Wildman–Crippen LogP) is 12.2. The maximum atomic E-state index is 12.5. The number of aliphatic hydroxyl groups excluding tert-OH is 4. The smallest absolute Gasteiger partial charge is 0.249 e. The van der Waals surface area contributed by atoms with Crippen LogP contribution in [0.1, 0.15) is 245 Å². The van der Waals surface area contributed by atoms with Crippen LogP contribution in [-0.2, 0) is 4.79 Å². The van der Waals surface area contributed by atoms with E-state index in [1.807, 2.05) is 0 Å². The molecule has 6 heteroatoms. The normalized spacial score (nSPS) is 14.2. The van der Waals surface area contributed by atoms with Gasteiger partial charge in [-0.2, -0.15) is 0 Å². The van der Waals surface area contributed by atoms with Crippen molar-refractivity contribution in [3.05, 3.63) is 12.2 Å². The van der Waals surface area contributed by atoms with E-state index in [2.05, 4.69) is 31.3 Å². The summed E-state index contributed by atoms with van der Waals surface area (Å²) in [6, 6.07) is -0.984. The Bertz CT molecular complexity index is 746. The minimum atomic E-state index is -1.26. The minimum Gasteiger partial charge on any atom is -0.394 e. The Morgan fingerprint density at radius 2 is 0.769 bits per heavy atom. The first-order valence-electron chi connectivity index (χ1n) is 23.1. The van der Waals surface area contributed by atoms with Gasteiger partial charge in [0.05, 0.1) is 18.8 Å². The molecule has 310 valence electrons. The Kier molecular flexibility index (Phi) is 40.5. The first kappa shape index (κ1) is 51.0. The van der Waals surface area contributed by atoms with Crippen molar-refractivity contribution < 1.29 is 25.2 Å². The van der Waals surface area contributed by atoms with E-state index in [9.17, 15) is 25.2 Å². The fourth-order valence-electron chi connectivity index (χ4n) is 7.28. The highest BCUT2D eigenvalue weighted by molar-refractivity contribution is 5.80. The van der Waals surface area contributed by atoms with Crippen LogP contribution in [0, 0.1) is 0 Å².